The van der Waals surface area contributed by atoms with Crippen molar-refractivity contribution in [3.8, 4) is 0 Å². The molecule has 0 unspecified atom stereocenters. The Hall–Kier alpha value is -2.03. The molecule has 1 N–H and O–H groups in total. The number of unbranched alkanes of at least 4 members (excludes halogenated alkanes) is 3. The van der Waals surface area contributed by atoms with E-state index >= 15 is 0 Å². The number of imidazole rings is 1. The Morgan fingerprint density at radius 2 is 1.92 bits per heavy atom. The van der Waals surface area contributed by atoms with Crippen LogP contribution in [-0.4, -0.2) is 37.4 Å². The first-order chi connectivity index (χ1) is 12.5. The van der Waals surface area contributed by atoms with Crippen molar-refractivity contribution in [2.45, 2.75) is 57.7 Å². The molecule has 0 saturated heterocycles. The smallest absolute Gasteiger partial charge is 0.329 e. The Labute approximate surface area is 156 Å². The number of aryl methyl sites for hydroxylation is 2. The topological polar surface area (TPSA) is 99.0 Å². The second-order valence-corrected chi connectivity index (χ2v) is 7.05. The third-order valence-corrected chi connectivity index (χ3v) is 4.99. The van der Waals surface area contributed by atoms with Crippen LogP contribution in [0.2, 0.25) is 0 Å². The largest absolute Gasteiger partial charge is 0.465 e. The highest BCUT2D eigenvalue weighted by Gasteiger charge is 2.18. The summed E-state index contributed by atoms with van der Waals surface area (Å²) in [5.74, 6) is -0.184. The zero-order chi connectivity index (χ0) is 19.1. The molecule has 2 heterocycles. The van der Waals surface area contributed by atoms with Crippen LogP contribution in [0, 0.1) is 0 Å². The van der Waals surface area contributed by atoms with Gasteiger partial charge in [0.1, 0.15) is 0 Å². The number of carbonyl (C=O) groups excluding carboxylic acids is 1. The molecule has 9 heteroatoms. The number of ether oxygens (including phenoxy) is 1. The monoisotopic (exact) mass is 382 g/mol. The minimum atomic E-state index is -0.505. The van der Waals surface area contributed by atoms with E-state index in [1.165, 1.54) is 16.3 Å². The van der Waals surface area contributed by atoms with Gasteiger partial charge in [-0.3, -0.25) is 19.1 Å². The highest BCUT2D eigenvalue weighted by atomic mass is 32.2. The number of hydrogen-bond donors (Lipinski definition) is 1. The third-order valence-electron chi connectivity index (χ3n) is 4.04. The van der Waals surface area contributed by atoms with Crippen LogP contribution in [0.4, 0.5) is 0 Å². The molecule has 0 aliphatic carbocycles. The van der Waals surface area contributed by atoms with Crippen LogP contribution < -0.4 is 11.2 Å². The molecule has 2 aromatic heterocycles. The van der Waals surface area contributed by atoms with Crippen molar-refractivity contribution >= 4 is 28.9 Å². The summed E-state index contributed by atoms with van der Waals surface area (Å²) >= 11 is 1.23. The number of aromatic nitrogens is 4. The summed E-state index contributed by atoms with van der Waals surface area (Å²) in [5.41, 5.74) is -0.275. The van der Waals surface area contributed by atoms with Gasteiger partial charge in [0.15, 0.2) is 16.3 Å². The second kappa shape index (κ2) is 9.61. The van der Waals surface area contributed by atoms with Gasteiger partial charge in [-0.15, -0.1) is 0 Å². The average molecular weight is 382 g/mol. The van der Waals surface area contributed by atoms with E-state index in [4.69, 9.17) is 4.74 Å². The van der Waals surface area contributed by atoms with E-state index in [0.717, 1.165) is 32.1 Å². The molecule has 0 spiro atoms. The maximum atomic E-state index is 12.3. The number of H-pyrrole nitrogens is 1. The molecule has 2 rings (SSSR count). The van der Waals surface area contributed by atoms with E-state index in [0.29, 0.717) is 29.5 Å². The normalized spacial score (nSPS) is 11.2. The molecule has 0 aliphatic rings. The Morgan fingerprint density at radius 1 is 1.19 bits per heavy atom. The molecule has 0 atom stereocenters. The molecule has 0 saturated carbocycles. The first kappa shape index (κ1) is 20.3. The first-order valence-corrected chi connectivity index (χ1v) is 9.96. The van der Waals surface area contributed by atoms with Gasteiger partial charge in [0.05, 0.1) is 12.4 Å². The lowest BCUT2D eigenvalue weighted by Crippen LogP contribution is -2.29. The zero-order valence-electron chi connectivity index (χ0n) is 15.5. The van der Waals surface area contributed by atoms with E-state index in [-0.39, 0.29) is 11.7 Å². The van der Waals surface area contributed by atoms with Crippen molar-refractivity contribution in [3.63, 3.8) is 0 Å². The first-order valence-electron chi connectivity index (χ1n) is 8.97. The lowest BCUT2D eigenvalue weighted by atomic mass is 10.3. The van der Waals surface area contributed by atoms with Crippen LogP contribution >= 0.6 is 11.8 Å². The molecule has 0 radical (unpaired) electrons. The van der Waals surface area contributed by atoms with Crippen LogP contribution in [0.15, 0.2) is 14.7 Å². The fraction of sp³-hybridized carbons (Fsp3) is 0.647. The summed E-state index contributed by atoms with van der Waals surface area (Å²) in [4.78, 5) is 42.7. The number of rotatable bonds is 10. The van der Waals surface area contributed by atoms with E-state index < -0.39 is 11.2 Å². The number of carbonyl (C=O) groups is 1. The second-order valence-electron chi connectivity index (χ2n) is 6.11. The molecular formula is C17H26N4O4S. The molecule has 0 fully saturated rings. The van der Waals surface area contributed by atoms with Gasteiger partial charge in [0, 0.05) is 13.6 Å². The Bertz CT molecular complexity index is 868. The Balaban J connectivity index is 2.21. The maximum absolute atomic E-state index is 12.3. The molecule has 0 amide bonds. The van der Waals surface area contributed by atoms with Crippen molar-refractivity contribution in [3.05, 3.63) is 20.8 Å². The van der Waals surface area contributed by atoms with E-state index in [9.17, 15) is 14.4 Å². The summed E-state index contributed by atoms with van der Waals surface area (Å²) < 4.78 is 8.30. The van der Waals surface area contributed by atoms with E-state index in [1.54, 1.807) is 11.6 Å². The molecule has 0 bridgehead atoms. The van der Waals surface area contributed by atoms with Crippen molar-refractivity contribution in [2.75, 3.05) is 12.4 Å². The van der Waals surface area contributed by atoms with Gasteiger partial charge in [0.2, 0.25) is 0 Å². The van der Waals surface area contributed by atoms with Gasteiger partial charge < -0.3 is 9.30 Å². The molecule has 8 nitrogen and oxygen atoms in total. The molecule has 144 valence electrons. The van der Waals surface area contributed by atoms with E-state index in [1.807, 2.05) is 0 Å². The van der Waals surface area contributed by atoms with Crippen molar-refractivity contribution in [2.24, 2.45) is 7.05 Å². The van der Waals surface area contributed by atoms with Gasteiger partial charge in [-0.25, -0.2) is 9.78 Å². The Kier molecular flexibility index (Phi) is 7.50. The number of esters is 1. The van der Waals surface area contributed by atoms with E-state index in [2.05, 4.69) is 23.8 Å². The summed E-state index contributed by atoms with van der Waals surface area (Å²) in [6.45, 7) is 5.17. The number of nitrogens with one attached hydrogen (secondary N) is 1. The summed E-state index contributed by atoms with van der Waals surface area (Å²) in [5, 5.41) is 0.547. The predicted octanol–water partition coefficient (Wildman–Crippen LogP) is 2.05. The van der Waals surface area contributed by atoms with Crippen LogP contribution in [0.5, 0.6) is 0 Å². The van der Waals surface area contributed by atoms with Crippen molar-refractivity contribution in [1.29, 1.82) is 0 Å². The Morgan fingerprint density at radius 3 is 2.62 bits per heavy atom. The fourth-order valence-electron chi connectivity index (χ4n) is 2.55. The summed E-state index contributed by atoms with van der Waals surface area (Å²) in [6.07, 6.45) is 4.78. The maximum Gasteiger partial charge on any atom is 0.329 e. The highest BCUT2D eigenvalue weighted by molar-refractivity contribution is 7.99. The minimum absolute atomic E-state index is 0.118. The van der Waals surface area contributed by atoms with Gasteiger partial charge in [-0.2, -0.15) is 0 Å². The standard InChI is InChI=1S/C17H26N4O4S/c1-4-6-8-10-25-12(22)11-26-17-18-14-13(21(17)9-7-5-2)15(23)19-16(24)20(14)3/h4-11H2,1-3H3,(H,19,23,24). The van der Waals surface area contributed by atoms with Crippen LogP contribution in [-0.2, 0) is 23.1 Å². The van der Waals surface area contributed by atoms with Gasteiger partial charge in [0.25, 0.3) is 5.56 Å². The quantitative estimate of drug-likeness (QED) is 0.384. The van der Waals surface area contributed by atoms with Gasteiger partial charge in [-0.05, 0) is 12.8 Å². The lowest BCUT2D eigenvalue weighted by Gasteiger charge is -2.08. The fourth-order valence-corrected chi connectivity index (χ4v) is 3.37. The number of fused-ring (bicyclic) bond motifs is 1. The molecule has 0 aromatic carbocycles. The van der Waals surface area contributed by atoms with Crippen LogP contribution in [0.3, 0.4) is 0 Å². The highest BCUT2D eigenvalue weighted by Crippen LogP contribution is 2.22. The third kappa shape index (κ3) is 4.78. The van der Waals surface area contributed by atoms with Gasteiger partial charge >= 0.3 is 11.7 Å². The predicted molar refractivity (Wildman–Crippen MR) is 102 cm³/mol. The lowest BCUT2D eigenvalue weighted by molar-refractivity contribution is -0.140. The average Bonchev–Trinajstić information content (AvgIpc) is 2.99. The number of aromatic amines is 1. The molecule has 26 heavy (non-hydrogen) atoms. The van der Waals surface area contributed by atoms with Crippen molar-refractivity contribution < 1.29 is 9.53 Å². The SMILES string of the molecule is CCCCCOC(=O)CSc1nc2c(c(=O)[nH]c(=O)n2C)n1CCCC. The molecular weight excluding hydrogens is 356 g/mol. The number of nitrogens with zero attached hydrogens (tertiary/aromatic N) is 3. The number of hydrogen-bond acceptors (Lipinski definition) is 6. The zero-order valence-corrected chi connectivity index (χ0v) is 16.4. The van der Waals surface area contributed by atoms with Crippen LogP contribution in [0.1, 0.15) is 46.0 Å². The molecule has 2 aromatic rings. The van der Waals surface area contributed by atoms with Crippen LogP contribution in [0.25, 0.3) is 11.2 Å². The molecule has 0 aliphatic heterocycles. The van der Waals surface area contributed by atoms with Crippen molar-refractivity contribution in [1.82, 2.24) is 19.1 Å². The minimum Gasteiger partial charge on any atom is -0.465 e. The number of thioether (sulfide) groups is 1. The van der Waals surface area contributed by atoms with Gasteiger partial charge in [-0.1, -0.05) is 44.9 Å². The summed E-state index contributed by atoms with van der Waals surface area (Å²) in [7, 11) is 1.56. The summed E-state index contributed by atoms with van der Waals surface area (Å²) in [6, 6.07) is 0.